The van der Waals surface area contributed by atoms with Crippen LogP contribution >= 0.6 is 0 Å². The Balaban J connectivity index is 2.42. The number of esters is 1. The third-order valence-electron chi connectivity index (χ3n) is 3.15. The molecular weight excluding hydrogens is 292 g/mol. The average molecular weight is 316 g/mol. The number of amides is 1. The summed E-state index contributed by atoms with van der Waals surface area (Å²) >= 11 is 0. The van der Waals surface area contributed by atoms with Crippen molar-refractivity contribution in [1.82, 2.24) is 10.6 Å². The molecule has 2 N–H and O–H groups in total. The molecular formula is C18H24N2O3. The van der Waals surface area contributed by atoms with Crippen LogP contribution < -0.4 is 10.6 Å². The lowest BCUT2D eigenvalue weighted by Crippen LogP contribution is -2.50. The van der Waals surface area contributed by atoms with E-state index in [0.29, 0.717) is 0 Å². The van der Waals surface area contributed by atoms with Crippen LogP contribution in [0.3, 0.4) is 0 Å². The zero-order valence-corrected chi connectivity index (χ0v) is 14.1. The number of carbonyl (C=O) groups excluding carboxylic acids is 2. The molecule has 0 bridgehead atoms. The quantitative estimate of drug-likeness (QED) is 0.635. The first-order valence-corrected chi connectivity index (χ1v) is 7.46. The van der Waals surface area contributed by atoms with Crippen molar-refractivity contribution < 1.29 is 14.3 Å². The largest absolute Gasteiger partial charge is 0.468 e. The van der Waals surface area contributed by atoms with Crippen molar-refractivity contribution in [3.8, 4) is 11.8 Å². The van der Waals surface area contributed by atoms with Gasteiger partial charge in [0.05, 0.1) is 20.2 Å². The standard InChI is InChI=1S/C18H24N2O3/c1-18(2,3)16(17(22)23-4)20-13-15(21)19-12-8-11-14-9-6-5-7-10-14/h5-7,9-10,16,20H,12-13H2,1-4H3,(H,19,21)/t16-/m0/s1. The maximum Gasteiger partial charge on any atom is 0.323 e. The minimum Gasteiger partial charge on any atom is -0.468 e. The van der Waals surface area contributed by atoms with E-state index in [1.54, 1.807) is 0 Å². The second kappa shape index (κ2) is 8.96. The molecule has 1 atom stereocenters. The maximum absolute atomic E-state index is 11.8. The lowest BCUT2D eigenvalue weighted by molar-refractivity contribution is -0.146. The van der Waals surface area contributed by atoms with Gasteiger partial charge in [0.15, 0.2) is 0 Å². The third kappa shape index (κ3) is 6.98. The number of hydrogen-bond acceptors (Lipinski definition) is 4. The number of nitrogens with one attached hydrogen (secondary N) is 2. The Kier molecular flexibility index (Phi) is 7.30. The van der Waals surface area contributed by atoms with E-state index in [1.165, 1.54) is 7.11 Å². The van der Waals surface area contributed by atoms with Crippen molar-refractivity contribution in [3.05, 3.63) is 35.9 Å². The number of rotatable bonds is 5. The van der Waals surface area contributed by atoms with Crippen molar-refractivity contribution in [2.75, 3.05) is 20.2 Å². The van der Waals surface area contributed by atoms with Gasteiger partial charge in [0.2, 0.25) is 5.91 Å². The summed E-state index contributed by atoms with van der Waals surface area (Å²) in [6, 6.07) is 9.00. The summed E-state index contributed by atoms with van der Waals surface area (Å²) in [6.45, 7) is 6.01. The summed E-state index contributed by atoms with van der Waals surface area (Å²) in [5.74, 6) is 5.24. The van der Waals surface area contributed by atoms with Gasteiger partial charge < -0.3 is 10.1 Å². The Morgan fingerprint density at radius 2 is 1.87 bits per heavy atom. The van der Waals surface area contributed by atoms with Crippen molar-refractivity contribution in [1.29, 1.82) is 0 Å². The molecule has 0 fully saturated rings. The van der Waals surface area contributed by atoms with Gasteiger partial charge in [-0.15, -0.1) is 0 Å². The Morgan fingerprint density at radius 3 is 2.43 bits per heavy atom. The molecule has 0 saturated carbocycles. The second-order valence-electron chi connectivity index (χ2n) is 6.15. The normalized spacial score (nSPS) is 11.8. The zero-order valence-electron chi connectivity index (χ0n) is 14.1. The van der Waals surface area contributed by atoms with E-state index in [1.807, 2.05) is 51.1 Å². The van der Waals surface area contributed by atoms with E-state index >= 15 is 0 Å². The predicted molar refractivity (Wildman–Crippen MR) is 89.6 cm³/mol. The van der Waals surface area contributed by atoms with Gasteiger partial charge in [-0.05, 0) is 17.5 Å². The van der Waals surface area contributed by atoms with Crippen molar-refractivity contribution in [2.24, 2.45) is 5.41 Å². The zero-order chi connectivity index (χ0) is 17.3. The highest BCUT2D eigenvalue weighted by molar-refractivity contribution is 5.81. The van der Waals surface area contributed by atoms with Gasteiger partial charge in [0.1, 0.15) is 6.04 Å². The maximum atomic E-state index is 11.8. The third-order valence-corrected chi connectivity index (χ3v) is 3.15. The molecule has 1 rings (SSSR count). The van der Waals surface area contributed by atoms with Gasteiger partial charge in [-0.1, -0.05) is 50.8 Å². The summed E-state index contributed by atoms with van der Waals surface area (Å²) in [5, 5.41) is 5.62. The SMILES string of the molecule is COC(=O)[C@H](NCC(=O)NCC#Cc1ccccc1)C(C)(C)C. The molecule has 0 heterocycles. The molecule has 0 aromatic heterocycles. The molecule has 1 aromatic rings. The number of hydrogen-bond donors (Lipinski definition) is 2. The van der Waals surface area contributed by atoms with E-state index < -0.39 is 6.04 Å². The fraction of sp³-hybridized carbons (Fsp3) is 0.444. The first-order valence-electron chi connectivity index (χ1n) is 7.46. The molecule has 0 radical (unpaired) electrons. The molecule has 5 heteroatoms. The molecule has 0 aliphatic carbocycles. The summed E-state index contributed by atoms with van der Waals surface area (Å²) < 4.78 is 4.76. The topological polar surface area (TPSA) is 67.4 Å². The molecule has 0 saturated heterocycles. The van der Waals surface area contributed by atoms with Crippen LogP contribution in [0.5, 0.6) is 0 Å². The monoisotopic (exact) mass is 316 g/mol. The summed E-state index contributed by atoms with van der Waals surface area (Å²) in [6.07, 6.45) is 0. The first kappa shape index (κ1) is 18.7. The highest BCUT2D eigenvalue weighted by atomic mass is 16.5. The van der Waals surface area contributed by atoms with E-state index in [4.69, 9.17) is 4.74 Å². The van der Waals surface area contributed by atoms with E-state index in [9.17, 15) is 9.59 Å². The van der Waals surface area contributed by atoms with Crippen molar-refractivity contribution in [2.45, 2.75) is 26.8 Å². The van der Waals surface area contributed by atoms with Crippen LogP contribution in [0, 0.1) is 17.3 Å². The average Bonchev–Trinajstić information content (AvgIpc) is 2.51. The van der Waals surface area contributed by atoms with Crippen LogP contribution in [0.2, 0.25) is 0 Å². The highest BCUT2D eigenvalue weighted by Crippen LogP contribution is 2.19. The minimum atomic E-state index is -0.548. The Morgan fingerprint density at radius 1 is 1.22 bits per heavy atom. The Labute approximate surface area is 137 Å². The molecule has 124 valence electrons. The van der Waals surface area contributed by atoms with Gasteiger partial charge in [-0.2, -0.15) is 0 Å². The van der Waals surface area contributed by atoms with Crippen LogP contribution in [0.25, 0.3) is 0 Å². The highest BCUT2D eigenvalue weighted by Gasteiger charge is 2.32. The molecule has 0 unspecified atom stereocenters. The van der Waals surface area contributed by atoms with Gasteiger partial charge in [0, 0.05) is 5.56 Å². The van der Waals surface area contributed by atoms with Gasteiger partial charge in [-0.25, -0.2) is 0 Å². The molecule has 23 heavy (non-hydrogen) atoms. The summed E-state index contributed by atoms with van der Waals surface area (Å²) in [4.78, 5) is 23.6. The predicted octanol–water partition coefficient (Wildman–Crippen LogP) is 1.33. The fourth-order valence-corrected chi connectivity index (χ4v) is 1.93. The number of methoxy groups -OCH3 is 1. The van der Waals surface area contributed by atoms with Crippen LogP contribution in [0.15, 0.2) is 30.3 Å². The molecule has 1 aromatic carbocycles. The van der Waals surface area contributed by atoms with Crippen LogP contribution in [-0.4, -0.2) is 38.1 Å². The summed E-state index contributed by atoms with van der Waals surface area (Å²) in [7, 11) is 1.34. The molecule has 0 spiro atoms. The van der Waals surface area contributed by atoms with Crippen LogP contribution in [-0.2, 0) is 14.3 Å². The van der Waals surface area contributed by atoms with Gasteiger partial charge >= 0.3 is 5.97 Å². The van der Waals surface area contributed by atoms with Crippen LogP contribution in [0.4, 0.5) is 0 Å². The Hall–Kier alpha value is -2.32. The number of benzene rings is 1. The van der Waals surface area contributed by atoms with E-state index in [0.717, 1.165) is 5.56 Å². The molecule has 5 nitrogen and oxygen atoms in total. The molecule has 1 amide bonds. The van der Waals surface area contributed by atoms with Gasteiger partial charge in [-0.3, -0.25) is 14.9 Å². The smallest absolute Gasteiger partial charge is 0.323 e. The summed E-state index contributed by atoms with van der Waals surface area (Å²) in [5.41, 5.74) is 0.555. The Bertz CT molecular complexity index is 580. The van der Waals surface area contributed by atoms with Gasteiger partial charge in [0.25, 0.3) is 0 Å². The number of carbonyl (C=O) groups is 2. The molecule has 0 aliphatic rings. The lowest BCUT2D eigenvalue weighted by Gasteiger charge is -2.28. The second-order valence-corrected chi connectivity index (χ2v) is 6.15. The van der Waals surface area contributed by atoms with E-state index in [2.05, 4.69) is 22.5 Å². The first-order chi connectivity index (χ1) is 10.8. The minimum absolute atomic E-state index is 0.0318. The van der Waals surface area contributed by atoms with Crippen molar-refractivity contribution >= 4 is 11.9 Å². The lowest BCUT2D eigenvalue weighted by atomic mass is 9.87. The van der Waals surface area contributed by atoms with E-state index in [-0.39, 0.29) is 30.4 Å². The van der Waals surface area contributed by atoms with Crippen LogP contribution in [0.1, 0.15) is 26.3 Å². The fourth-order valence-electron chi connectivity index (χ4n) is 1.93. The van der Waals surface area contributed by atoms with Crippen molar-refractivity contribution in [3.63, 3.8) is 0 Å². The number of ether oxygens (including phenoxy) is 1. The molecule has 0 aliphatic heterocycles.